The van der Waals surface area contributed by atoms with E-state index in [1.54, 1.807) is 11.3 Å². The summed E-state index contributed by atoms with van der Waals surface area (Å²) in [6.07, 6.45) is 3.68. The molecule has 1 saturated carbocycles. The average Bonchev–Trinajstić information content (AvgIpc) is 3.13. The van der Waals surface area contributed by atoms with Crippen molar-refractivity contribution < 1.29 is 9.90 Å². The van der Waals surface area contributed by atoms with Gasteiger partial charge in [-0.2, -0.15) is 11.3 Å². The number of nitrogens with two attached hydrogens (primary N) is 1. The van der Waals surface area contributed by atoms with Gasteiger partial charge in [-0.3, -0.25) is 0 Å². The molecular weight excluding hydrogens is 274 g/mol. The lowest BCUT2D eigenvalue weighted by molar-refractivity contribution is 0.0697. The summed E-state index contributed by atoms with van der Waals surface area (Å²) in [4.78, 5) is 17.7. The van der Waals surface area contributed by atoms with Crippen molar-refractivity contribution in [2.24, 2.45) is 0 Å². The summed E-state index contributed by atoms with van der Waals surface area (Å²) in [5.74, 6) is -0.476. The molecule has 6 heteroatoms. The van der Waals surface area contributed by atoms with Crippen LogP contribution in [-0.4, -0.2) is 22.1 Å². The van der Waals surface area contributed by atoms with Crippen LogP contribution in [0.15, 0.2) is 29.1 Å². The summed E-state index contributed by atoms with van der Waals surface area (Å²) in [5, 5.41) is 13.4. The van der Waals surface area contributed by atoms with E-state index in [1.807, 2.05) is 5.38 Å². The van der Waals surface area contributed by atoms with Gasteiger partial charge in [0.1, 0.15) is 11.4 Å². The number of hydrogen-bond acceptors (Lipinski definition) is 5. The van der Waals surface area contributed by atoms with Crippen LogP contribution < -0.4 is 10.6 Å². The number of carbonyl (C=O) groups is 1. The second-order valence-electron chi connectivity index (χ2n) is 4.94. The zero-order valence-corrected chi connectivity index (χ0v) is 11.6. The Labute approximate surface area is 120 Å². The number of aromatic nitrogens is 1. The Kier molecular flexibility index (Phi) is 3.31. The first-order chi connectivity index (χ1) is 9.65. The highest BCUT2D eigenvalue weighted by molar-refractivity contribution is 7.07. The number of thiophene rings is 1. The standard InChI is InChI=1S/C14H15N3O2S/c15-10-5-12(14(18)19)13(16-6-10)17(11-1-2-11)7-9-3-4-20-8-9/h3-6,8,11H,1-2,7,15H2,(H,18,19). The molecule has 2 aromatic heterocycles. The van der Waals surface area contributed by atoms with Crippen molar-refractivity contribution in [3.05, 3.63) is 40.2 Å². The maximum absolute atomic E-state index is 11.4. The van der Waals surface area contributed by atoms with Gasteiger partial charge in [0.15, 0.2) is 0 Å². The number of carboxylic acids is 1. The molecule has 0 atom stereocenters. The molecule has 0 unspecified atom stereocenters. The van der Waals surface area contributed by atoms with Gasteiger partial charge >= 0.3 is 5.97 Å². The minimum atomic E-state index is -0.990. The normalized spacial score (nSPS) is 14.2. The first-order valence-corrected chi connectivity index (χ1v) is 7.36. The van der Waals surface area contributed by atoms with Crippen molar-refractivity contribution in [3.63, 3.8) is 0 Å². The van der Waals surface area contributed by atoms with Gasteiger partial charge in [-0.1, -0.05) is 0 Å². The predicted molar refractivity (Wildman–Crippen MR) is 79.1 cm³/mol. The third-order valence-electron chi connectivity index (χ3n) is 3.31. The fourth-order valence-electron chi connectivity index (χ4n) is 2.20. The number of pyridine rings is 1. The molecule has 5 nitrogen and oxygen atoms in total. The summed E-state index contributed by atoms with van der Waals surface area (Å²) in [7, 11) is 0. The van der Waals surface area contributed by atoms with E-state index in [1.165, 1.54) is 17.8 Å². The van der Waals surface area contributed by atoms with Crippen LogP contribution in [0, 0.1) is 0 Å². The van der Waals surface area contributed by atoms with Gasteiger partial charge in [0.05, 0.1) is 11.9 Å². The fraction of sp³-hybridized carbons (Fsp3) is 0.286. The van der Waals surface area contributed by atoms with Crippen LogP contribution in [0.3, 0.4) is 0 Å². The molecule has 0 spiro atoms. The van der Waals surface area contributed by atoms with Crippen molar-refractivity contribution >= 4 is 28.8 Å². The fourth-order valence-corrected chi connectivity index (χ4v) is 2.86. The summed E-state index contributed by atoms with van der Waals surface area (Å²) >= 11 is 1.64. The molecule has 3 N–H and O–H groups in total. The third kappa shape index (κ3) is 2.60. The Hall–Kier alpha value is -2.08. The molecule has 0 saturated heterocycles. The quantitative estimate of drug-likeness (QED) is 0.884. The second kappa shape index (κ2) is 5.13. The number of nitrogens with zero attached hydrogens (tertiary/aromatic N) is 2. The van der Waals surface area contributed by atoms with Crippen molar-refractivity contribution in [2.75, 3.05) is 10.6 Å². The van der Waals surface area contributed by atoms with Crippen LogP contribution in [0.2, 0.25) is 0 Å². The predicted octanol–water partition coefficient (Wildman–Crippen LogP) is 2.59. The van der Waals surface area contributed by atoms with E-state index in [2.05, 4.69) is 21.3 Å². The molecule has 20 heavy (non-hydrogen) atoms. The molecule has 0 radical (unpaired) electrons. The highest BCUT2D eigenvalue weighted by Gasteiger charge is 2.32. The number of anilines is 2. The van der Waals surface area contributed by atoms with Crippen LogP contribution >= 0.6 is 11.3 Å². The van der Waals surface area contributed by atoms with Gasteiger partial charge in [0, 0.05) is 12.6 Å². The van der Waals surface area contributed by atoms with Crippen LogP contribution in [0.5, 0.6) is 0 Å². The summed E-state index contributed by atoms with van der Waals surface area (Å²) in [5.41, 5.74) is 7.37. The third-order valence-corrected chi connectivity index (χ3v) is 4.04. The van der Waals surface area contributed by atoms with E-state index in [0.29, 0.717) is 24.1 Å². The Morgan fingerprint density at radius 1 is 1.55 bits per heavy atom. The van der Waals surface area contributed by atoms with Crippen molar-refractivity contribution in [2.45, 2.75) is 25.4 Å². The van der Waals surface area contributed by atoms with E-state index in [-0.39, 0.29) is 5.56 Å². The number of hydrogen-bond donors (Lipinski definition) is 2. The molecule has 1 fully saturated rings. The lowest BCUT2D eigenvalue weighted by atomic mass is 10.2. The molecule has 0 bridgehead atoms. The van der Waals surface area contributed by atoms with Crippen molar-refractivity contribution in [1.29, 1.82) is 0 Å². The first-order valence-electron chi connectivity index (χ1n) is 6.41. The highest BCUT2D eigenvalue weighted by atomic mass is 32.1. The molecule has 0 amide bonds. The molecule has 2 heterocycles. The molecule has 104 valence electrons. The minimum Gasteiger partial charge on any atom is -0.478 e. The average molecular weight is 289 g/mol. The Morgan fingerprint density at radius 3 is 2.95 bits per heavy atom. The molecule has 3 rings (SSSR count). The second-order valence-corrected chi connectivity index (χ2v) is 5.72. The molecular formula is C14H15N3O2S. The smallest absolute Gasteiger partial charge is 0.339 e. The zero-order valence-electron chi connectivity index (χ0n) is 10.8. The molecule has 1 aliphatic carbocycles. The zero-order chi connectivity index (χ0) is 14.1. The molecule has 2 aromatic rings. The Balaban J connectivity index is 1.97. The number of rotatable bonds is 5. The van der Waals surface area contributed by atoms with E-state index in [4.69, 9.17) is 5.73 Å². The van der Waals surface area contributed by atoms with E-state index in [0.717, 1.165) is 12.8 Å². The summed E-state index contributed by atoms with van der Waals surface area (Å²) in [6, 6.07) is 3.91. The maximum atomic E-state index is 11.4. The monoisotopic (exact) mass is 289 g/mol. The summed E-state index contributed by atoms with van der Waals surface area (Å²) in [6.45, 7) is 0.686. The number of carboxylic acid groups (broad SMARTS) is 1. The Morgan fingerprint density at radius 2 is 2.35 bits per heavy atom. The topological polar surface area (TPSA) is 79.5 Å². The molecule has 0 aromatic carbocycles. The Bertz CT molecular complexity index is 623. The number of nitrogen functional groups attached to an aromatic ring is 1. The van der Waals surface area contributed by atoms with E-state index >= 15 is 0 Å². The maximum Gasteiger partial charge on any atom is 0.339 e. The largest absolute Gasteiger partial charge is 0.478 e. The van der Waals surface area contributed by atoms with E-state index < -0.39 is 5.97 Å². The van der Waals surface area contributed by atoms with Gasteiger partial charge in [-0.25, -0.2) is 9.78 Å². The van der Waals surface area contributed by atoms with Crippen molar-refractivity contribution in [3.8, 4) is 0 Å². The van der Waals surface area contributed by atoms with E-state index in [9.17, 15) is 9.90 Å². The highest BCUT2D eigenvalue weighted by Crippen LogP contribution is 2.34. The molecule has 0 aliphatic heterocycles. The van der Waals surface area contributed by atoms with Gasteiger partial charge < -0.3 is 15.7 Å². The lowest BCUT2D eigenvalue weighted by Crippen LogP contribution is -2.28. The van der Waals surface area contributed by atoms with Crippen LogP contribution in [0.4, 0.5) is 11.5 Å². The van der Waals surface area contributed by atoms with Crippen LogP contribution in [0.25, 0.3) is 0 Å². The van der Waals surface area contributed by atoms with Gasteiger partial charge in [-0.15, -0.1) is 0 Å². The summed E-state index contributed by atoms with van der Waals surface area (Å²) < 4.78 is 0. The lowest BCUT2D eigenvalue weighted by Gasteiger charge is -2.24. The van der Waals surface area contributed by atoms with Crippen molar-refractivity contribution in [1.82, 2.24) is 4.98 Å². The van der Waals surface area contributed by atoms with Gasteiger partial charge in [0.25, 0.3) is 0 Å². The number of aromatic carboxylic acids is 1. The van der Waals surface area contributed by atoms with Crippen LogP contribution in [-0.2, 0) is 6.54 Å². The first kappa shape index (κ1) is 12.9. The SMILES string of the molecule is Nc1cnc(N(Cc2ccsc2)C2CC2)c(C(=O)O)c1. The van der Waals surface area contributed by atoms with Gasteiger partial charge in [0.2, 0.25) is 0 Å². The molecule has 1 aliphatic rings. The van der Waals surface area contributed by atoms with Crippen LogP contribution in [0.1, 0.15) is 28.8 Å². The minimum absolute atomic E-state index is 0.173. The van der Waals surface area contributed by atoms with Gasteiger partial charge in [-0.05, 0) is 41.3 Å².